The zero-order chi connectivity index (χ0) is 13.8. The van der Waals surface area contributed by atoms with Gasteiger partial charge in [-0.15, -0.1) is 0 Å². The largest absolute Gasteiger partial charge is 0.380 e. The van der Waals surface area contributed by atoms with E-state index < -0.39 is 17.5 Å². The molecule has 0 amide bonds. The van der Waals surface area contributed by atoms with Crippen LogP contribution in [0.3, 0.4) is 0 Å². The summed E-state index contributed by atoms with van der Waals surface area (Å²) in [4.78, 5) is 0. The van der Waals surface area contributed by atoms with Gasteiger partial charge < -0.3 is 5.32 Å². The van der Waals surface area contributed by atoms with Gasteiger partial charge in [-0.05, 0) is 24.3 Å². The Kier molecular flexibility index (Phi) is 3.71. The molecule has 0 aromatic heterocycles. The fourth-order valence-electron chi connectivity index (χ4n) is 1.62. The van der Waals surface area contributed by atoms with Gasteiger partial charge in [-0.1, -0.05) is 6.07 Å². The van der Waals surface area contributed by atoms with Crippen molar-refractivity contribution >= 4 is 5.69 Å². The van der Waals surface area contributed by atoms with Crippen LogP contribution in [-0.2, 0) is 6.54 Å². The van der Waals surface area contributed by atoms with Gasteiger partial charge in [0, 0.05) is 18.2 Å². The van der Waals surface area contributed by atoms with Crippen molar-refractivity contribution < 1.29 is 13.2 Å². The van der Waals surface area contributed by atoms with Crippen LogP contribution in [0, 0.1) is 28.8 Å². The van der Waals surface area contributed by atoms with E-state index in [1.54, 1.807) is 0 Å². The highest BCUT2D eigenvalue weighted by atomic mass is 19.1. The van der Waals surface area contributed by atoms with Gasteiger partial charge in [-0.25, -0.2) is 13.2 Å². The molecule has 19 heavy (non-hydrogen) atoms. The standard InChI is InChI=1S/C14H9F3N2/c15-11-3-4-14(10(5-11)7-18)19-8-9-1-2-12(16)6-13(9)17/h1-6,19H,8H2. The maximum absolute atomic E-state index is 13.4. The topological polar surface area (TPSA) is 35.8 Å². The molecular weight excluding hydrogens is 253 g/mol. The van der Waals surface area contributed by atoms with Gasteiger partial charge in [0.25, 0.3) is 0 Å². The molecule has 0 spiro atoms. The first kappa shape index (κ1) is 13.0. The van der Waals surface area contributed by atoms with Gasteiger partial charge in [0.2, 0.25) is 0 Å². The van der Waals surface area contributed by atoms with E-state index in [-0.39, 0.29) is 17.7 Å². The molecule has 0 bridgehead atoms. The first-order valence-corrected chi connectivity index (χ1v) is 5.47. The van der Waals surface area contributed by atoms with E-state index in [1.165, 1.54) is 18.2 Å². The van der Waals surface area contributed by atoms with Crippen LogP contribution < -0.4 is 5.32 Å². The smallest absolute Gasteiger partial charge is 0.131 e. The lowest BCUT2D eigenvalue weighted by Crippen LogP contribution is -2.04. The van der Waals surface area contributed by atoms with E-state index in [9.17, 15) is 13.2 Å². The Balaban J connectivity index is 2.17. The molecule has 96 valence electrons. The van der Waals surface area contributed by atoms with E-state index in [2.05, 4.69) is 5.32 Å². The number of nitrogens with zero attached hydrogens (tertiary/aromatic N) is 1. The summed E-state index contributed by atoms with van der Waals surface area (Å²) in [6.45, 7) is 0.0758. The van der Waals surface area contributed by atoms with Crippen molar-refractivity contribution in [1.82, 2.24) is 0 Å². The third-order valence-corrected chi connectivity index (χ3v) is 2.59. The molecule has 0 aliphatic rings. The van der Waals surface area contributed by atoms with Crippen LogP contribution in [-0.4, -0.2) is 0 Å². The van der Waals surface area contributed by atoms with Crippen LogP contribution in [0.2, 0.25) is 0 Å². The Morgan fingerprint density at radius 3 is 2.37 bits per heavy atom. The number of hydrogen-bond donors (Lipinski definition) is 1. The molecule has 0 saturated heterocycles. The van der Waals surface area contributed by atoms with Crippen molar-refractivity contribution in [2.45, 2.75) is 6.54 Å². The summed E-state index contributed by atoms with van der Waals surface area (Å²) in [6.07, 6.45) is 0. The minimum atomic E-state index is -0.673. The summed E-state index contributed by atoms with van der Waals surface area (Å²) >= 11 is 0. The van der Waals surface area contributed by atoms with Crippen LogP contribution in [0.5, 0.6) is 0 Å². The number of hydrogen-bond acceptors (Lipinski definition) is 2. The summed E-state index contributed by atoms with van der Waals surface area (Å²) in [5.74, 6) is -1.84. The van der Waals surface area contributed by atoms with Crippen LogP contribution >= 0.6 is 0 Å². The van der Waals surface area contributed by atoms with Gasteiger partial charge in [0.1, 0.15) is 23.5 Å². The van der Waals surface area contributed by atoms with Crippen LogP contribution in [0.25, 0.3) is 0 Å². The highest BCUT2D eigenvalue weighted by Crippen LogP contribution is 2.18. The second kappa shape index (κ2) is 5.44. The van der Waals surface area contributed by atoms with Crippen molar-refractivity contribution in [2.24, 2.45) is 0 Å². The Bertz CT molecular complexity index is 648. The van der Waals surface area contributed by atoms with Gasteiger partial charge in [0.15, 0.2) is 0 Å². The average molecular weight is 262 g/mol. The van der Waals surface area contributed by atoms with Gasteiger partial charge in [-0.2, -0.15) is 5.26 Å². The summed E-state index contributed by atoms with van der Waals surface area (Å²) in [5.41, 5.74) is 0.782. The monoisotopic (exact) mass is 262 g/mol. The van der Waals surface area contributed by atoms with Crippen molar-refractivity contribution in [3.05, 3.63) is 65.0 Å². The zero-order valence-electron chi connectivity index (χ0n) is 9.75. The van der Waals surface area contributed by atoms with Crippen molar-refractivity contribution in [2.75, 3.05) is 5.32 Å². The second-order valence-electron chi connectivity index (χ2n) is 3.89. The summed E-state index contributed by atoms with van der Waals surface area (Å²) < 4.78 is 39.0. The molecule has 2 aromatic carbocycles. The molecule has 0 fully saturated rings. The number of halogens is 3. The number of anilines is 1. The molecule has 1 N–H and O–H groups in total. The molecule has 0 radical (unpaired) electrons. The van der Waals surface area contributed by atoms with Gasteiger partial charge in [-0.3, -0.25) is 0 Å². The second-order valence-corrected chi connectivity index (χ2v) is 3.89. The maximum atomic E-state index is 13.4. The molecule has 0 aliphatic heterocycles. The molecule has 2 nitrogen and oxygen atoms in total. The first-order valence-electron chi connectivity index (χ1n) is 5.47. The number of benzene rings is 2. The predicted molar refractivity (Wildman–Crippen MR) is 64.8 cm³/mol. The third-order valence-electron chi connectivity index (χ3n) is 2.59. The van der Waals surface area contributed by atoms with Crippen LogP contribution in [0.1, 0.15) is 11.1 Å². The summed E-state index contributed by atoms with van der Waals surface area (Å²) in [5, 5.41) is 11.7. The highest BCUT2D eigenvalue weighted by molar-refractivity contribution is 5.57. The fourth-order valence-corrected chi connectivity index (χ4v) is 1.62. The minimum Gasteiger partial charge on any atom is -0.380 e. The van der Waals surface area contributed by atoms with Gasteiger partial charge >= 0.3 is 0 Å². The van der Waals surface area contributed by atoms with E-state index in [0.29, 0.717) is 5.69 Å². The molecule has 0 saturated carbocycles. The molecule has 0 unspecified atom stereocenters. The molecule has 0 aliphatic carbocycles. The minimum absolute atomic E-state index is 0.0758. The van der Waals surface area contributed by atoms with Crippen molar-refractivity contribution in [1.29, 1.82) is 5.26 Å². The Morgan fingerprint density at radius 1 is 1.00 bits per heavy atom. The van der Waals surface area contributed by atoms with E-state index >= 15 is 0 Å². The lowest BCUT2D eigenvalue weighted by atomic mass is 10.1. The molecule has 2 aromatic rings. The van der Waals surface area contributed by atoms with Crippen molar-refractivity contribution in [3.8, 4) is 6.07 Å². The summed E-state index contributed by atoms with van der Waals surface area (Å²) in [6, 6.07) is 8.77. The number of rotatable bonds is 3. The zero-order valence-corrected chi connectivity index (χ0v) is 9.75. The average Bonchev–Trinajstić information content (AvgIpc) is 2.39. The Morgan fingerprint density at radius 2 is 1.68 bits per heavy atom. The molecule has 5 heteroatoms. The molecule has 0 heterocycles. The predicted octanol–water partition coefficient (Wildman–Crippen LogP) is 3.59. The molecule has 2 rings (SSSR count). The van der Waals surface area contributed by atoms with Crippen molar-refractivity contribution in [3.63, 3.8) is 0 Å². The normalized spacial score (nSPS) is 10.0. The van der Waals surface area contributed by atoms with Crippen LogP contribution in [0.4, 0.5) is 18.9 Å². The Labute approximate surface area is 108 Å². The van der Waals surface area contributed by atoms with E-state index in [0.717, 1.165) is 18.2 Å². The highest BCUT2D eigenvalue weighted by Gasteiger charge is 2.06. The number of nitrogens with one attached hydrogen (secondary N) is 1. The fraction of sp³-hybridized carbons (Fsp3) is 0.0714. The molecule has 0 atom stereocenters. The third kappa shape index (κ3) is 3.05. The first-order chi connectivity index (χ1) is 9.10. The van der Waals surface area contributed by atoms with E-state index in [1.807, 2.05) is 6.07 Å². The number of nitriles is 1. The lowest BCUT2D eigenvalue weighted by molar-refractivity contribution is 0.574. The van der Waals surface area contributed by atoms with Gasteiger partial charge in [0.05, 0.1) is 11.3 Å². The SMILES string of the molecule is N#Cc1cc(F)ccc1NCc1ccc(F)cc1F. The summed E-state index contributed by atoms with van der Waals surface area (Å²) in [7, 11) is 0. The maximum Gasteiger partial charge on any atom is 0.131 e. The van der Waals surface area contributed by atoms with E-state index in [4.69, 9.17) is 5.26 Å². The van der Waals surface area contributed by atoms with Crippen LogP contribution in [0.15, 0.2) is 36.4 Å². The lowest BCUT2D eigenvalue weighted by Gasteiger charge is -2.09. The molecular formula is C14H9F3N2. The quantitative estimate of drug-likeness (QED) is 0.917. The Hall–Kier alpha value is -2.48.